The molecule has 5 nitrogen and oxygen atoms in total. The smallest absolute Gasteiger partial charge is 0.257 e. The SMILES string of the molecule is Cc1ccc(NC(=O)CSc2nc3ccc(NC(=O)c4ccccc4Cl)cc3s2)cc1C. The number of anilines is 2. The molecule has 1 heterocycles. The number of hydrogen-bond acceptors (Lipinski definition) is 5. The summed E-state index contributed by atoms with van der Waals surface area (Å²) in [6, 6.07) is 18.3. The maximum absolute atomic E-state index is 12.5. The second-order valence-electron chi connectivity index (χ2n) is 7.23. The molecule has 0 aliphatic carbocycles. The third-order valence-corrected chi connectivity index (χ3v) is 7.35. The van der Waals surface area contributed by atoms with Crippen LogP contribution in [0.3, 0.4) is 0 Å². The van der Waals surface area contributed by atoms with Gasteiger partial charge in [0.15, 0.2) is 4.34 Å². The van der Waals surface area contributed by atoms with Crippen LogP contribution in [0.1, 0.15) is 21.5 Å². The van der Waals surface area contributed by atoms with E-state index in [9.17, 15) is 9.59 Å². The number of fused-ring (bicyclic) bond motifs is 1. The minimum absolute atomic E-state index is 0.0785. The summed E-state index contributed by atoms with van der Waals surface area (Å²) < 4.78 is 1.73. The number of aryl methyl sites for hydroxylation is 2. The molecule has 0 spiro atoms. The van der Waals surface area contributed by atoms with Gasteiger partial charge in [-0.3, -0.25) is 9.59 Å². The maximum Gasteiger partial charge on any atom is 0.257 e. The molecule has 162 valence electrons. The van der Waals surface area contributed by atoms with Gasteiger partial charge in [-0.15, -0.1) is 11.3 Å². The van der Waals surface area contributed by atoms with Crippen LogP contribution in [0.15, 0.2) is 65.0 Å². The number of rotatable bonds is 6. The molecule has 0 radical (unpaired) electrons. The summed E-state index contributed by atoms with van der Waals surface area (Å²) in [6.07, 6.45) is 0. The van der Waals surface area contributed by atoms with Gasteiger partial charge in [0.2, 0.25) is 5.91 Å². The summed E-state index contributed by atoms with van der Waals surface area (Å²) in [6.45, 7) is 4.06. The number of thioether (sulfide) groups is 1. The van der Waals surface area contributed by atoms with Crippen molar-refractivity contribution in [3.8, 4) is 0 Å². The van der Waals surface area contributed by atoms with E-state index in [1.807, 2.05) is 44.2 Å². The Labute approximate surface area is 199 Å². The van der Waals surface area contributed by atoms with Gasteiger partial charge in [-0.25, -0.2) is 4.98 Å². The van der Waals surface area contributed by atoms with Gasteiger partial charge < -0.3 is 10.6 Å². The molecule has 4 aromatic rings. The molecule has 8 heteroatoms. The first-order valence-electron chi connectivity index (χ1n) is 9.85. The van der Waals surface area contributed by atoms with E-state index < -0.39 is 0 Å². The van der Waals surface area contributed by atoms with Crippen molar-refractivity contribution in [2.75, 3.05) is 16.4 Å². The highest BCUT2D eigenvalue weighted by Gasteiger charge is 2.12. The van der Waals surface area contributed by atoms with Gasteiger partial charge in [0.05, 0.1) is 26.6 Å². The van der Waals surface area contributed by atoms with Crippen LogP contribution in [0.5, 0.6) is 0 Å². The number of thiazole rings is 1. The number of hydrogen-bond donors (Lipinski definition) is 2. The Morgan fingerprint density at radius 1 is 0.969 bits per heavy atom. The zero-order valence-corrected chi connectivity index (χ0v) is 19.8. The second-order valence-corrected chi connectivity index (χ2v) is 9.89. The Morgan fingerprint density at radius 3 is 2.50 bits per heavy atom. The molecule has 0 aliphatic rings. The van der Waals surface area contributed by atoms with E-state index >= 15 is 0 Å². The Bertz CT molecular complexity index is 1320. The number of nitrogens with one attached hydrogen (secondary N) is 2. The highest BCUT2D eigenvalue weighted by Crippen LogP contribution is 2.31. The average molecular weight is 482 g/mol. The summed E-state index contributed by atoms with van der Waals surface area (Å²) >= 11 is 8.98. The highest BCUT2D eigenvalue weighted by atomic mass is 35.5. The van der Waals surface area contributed by atoms with E-state index in [0.29, 0.717) is 16.3 Å². The summed E-state index contributed by atoms with van der Waals surface area (Å²) in [4.78, 5) is 29.4. The van der Waals surface area contributed by atoms with Crippen LogP contribution in [0, 0.1) is 13.8 Å². The number of amides is 2. The minimum atomic E-state index is -0.267. The molecule has 32 heavy (non-hydrogen) atoms. The molecule has 1 aromatic heterocycles. The van der Waals surface area contributed by atoms with Gasteiger partial charge in [-0.05, 0) is 67.4 Å². The number of benzene rings is 3. The fourth-order valence-electron chi connectivity index (χ4n) is 3.03. The van der Waals surface area contributed by atoms with Crippen molar-refractivity contribution in [2.24, 2.45) is 0 Å². The molecule has 4 rings (SSSR count). The average Bonchev–Trinajstić information content (AvgIpc) is 3.17. The molecule has 2 amide bonds. The van der Waals surface area contributed by atoms with Crippen molar-refractivity contribution < 1.29 is 9.59 Å². The second kappa shape index (κ2) is 9.73. The minimum Gasteiger partial charge on any atom is -0.325 e. The lowest BCUT2D eigenvalue weighted by molar-refractivity contribution is -0.113. The van der Waals surface area contributed by atoms with Gasteiger partial charge in [0, 0.05) is 11.4 Å². The Hall–Kier alpha value is -2.87. The molecule has 0 atom stereocenters. The lowest BCUT2D eigenvalue weighted by Crippen LogP contribution is -2.14. The predicted molar refractivity (Wildman–Crippen MR) is 134 cm³/mol. The number of aromatic nitrogens is 1. The van der Waals surface area contributed by atoms with Crippen LogP contribution >= 0.6 is 34.7 Å². The summed E-state index contributed by atoms with van der Waals surface area (Å²) in [5.41, 5.74) is 5.03. The monoisotopic (exact) mass is 481 g/mol. The van der Waals surface area contributed by atoms with Gasteiger partial charge >= 0.3 is 0 Å². The van der Waals surface area contributed by atoms with Crippen LogP contribution < -0.4 is 10.6 Å². The van der Waals surface area contributed by atoms with E-state index in [0.717, 1.165) is 25.8 Å². The molecule has 0 aliphatic heterocycles. The van der Waals surface area contributed by atoms with E-state index in [1.54, 1.807) is 30.3 Å². The quantitative estimate of drug-likeness (QED) is 0.306. The number of nitrogens with zero attached hydrogens (tertiary/aromatic N) is 1. The fraction of sp³-hybridized carbons (Fsp3) is 0.125. The Kier molecular flexibility index (Phi) is 6.79. The van der Waals surface area contributed by atoms with Crippen molar-refractivity contribution in [1.82, 2.24) is 4.98 Å². The van der Waals surface area contributed by atoms with Crippen LogP contribution in [0.2, 0.25) is 5.02 Å². The number of halogens is 1. The molecule has 3 aromatic carbocycles. The molecule has 0 bridgehead atoms. The van der Waals surface area contributed by atoms with Gasteiger partial charge in [-0.2, -0.15) is 0 Å². The normalized spacial score (nSPS) is 10.8. The predicted octanol–water partition coefficient (Wildman–Crippen LogP) is 6.55. The molecular formula is C24H20ClN3O2S2. The van der Waals surface area contributed by atoms with Crippen molar-refractivity contribution >= 4 is 68.1 Å². The number of carbonyl (C=O) groups is 2. The molecule has 2 N–H and O–H groups in total. The first kappa shape index (κ1) is 22.3. The van der Waals surface area contributed by atoms with E-state index in [4.69, 9.17) is 11.6 Å². The van der Waals surface area contributed by atoms with E-state index in [-0.39, 0.29) is 17.6 Å². The fourth-order valence-corrected chi connectivity index (χ4v) is 5.16. The maximum atomic E-state index is 12.5. The van der Waals surface area contributed by atoms with Crippen molar-refractivity contribution in [3.05, 3.63) is 82.4 Å². The van der Waals surface area contributed by atoms with Crippen molar-refractivity contribution in [2.45, 2.75) is 18.2 Å². The zero-order valence-electron chi connectivity index (χ0n) is 17.4. The van der Waals surface area contributed by atoms with Gasteiger partial charge in [0.25, 0.3) is 5.91 Å². The molecule has 0 saturated carbocycles. The van der Waals surface area contributed by atoms with E-state index in [2.05, 4.69) is 15.6 Å². The van der Waals surface area contributed by atoms with Crippen molar-refractivity contribution in [3.63, 3.8) is 0 Å². The van der Waals surface area contributed by atoms with Crippen LogP contribution in [-0.4, -0.2) is 22.6 Å². The van der Waals surface area contributed by atoms with Crippen molar-refractivity contribution in [1.29, 1.82) is 0 Å². The highest BCUT2D eigenvalue weighted by molar-refractivity contribution is 8.01. The molecular weight excluding hydrogens is 462 g/mol. The largest absolute Gasteiger partial charge is 0.325 e. The topological polar surface area (TPSA) is 71.1 Å². The molecule has 0 fully saturated rings. The first-order chi connectivity index (χ1) is 15.4. The third kappa shape index (κ3) is 5.30. The third-order valence-electron chi connectivity index (χ3n) is 4.86. The summed E-state index contributed by atoms with van der Waals surface area (Å²) in [5, 5.41) is 6.20. The molecule has 0 unspecified atom stereocenters. The molecule has 0 saturated heterocycles. The first-order valence-corrected chi connectivity index (χ1v) is 12.0. The van der Waals surface area contributed by atoms with E-state index in [1.165, 1.54) is 28.7 Å². The Balaban J connectivity index is 1.39. The van der Waals surface area contributed by atoms with Crippen LogP contribution in [-0.2, 0) is 4.79 Å². The van der Waals surface area contributed by atoms with Crippen LogP contribution in [0.4, 0.5) is 11.4 Å². The lowest BCUT2D eigenvalue weighted by Gasteiger charge is -2.07. The Morgan fingerprint density at radius 2 is 1.72 bits per heavy atom. The summed E-state index contributed by atoms with van der Waals surface area (Å²) in [7, 11) is 0. The summed E-state index contributed by atoms with van der Waals surface area (Å²) in [5.74, 6) is -0.0784. The van der Waals surface area contributed by atoms with Gasteiger partial charge in [0.1, 0.15) is 0 Å². The van der Waals surface area contributed by atoms with Crippen LogP contribution in [0.25, 0.3) is 10.2 Å². The zero-order chi connectivity index (χ0) is 22.7. The van der Waals surface area contributed by atoms with Gasteiger partial charge in [-0.1, -0.05) is 41.6 Å². The standard InChI is InChI=1S/C24H20ClN3O2S2/c1-14-7-8-16(11-15(14)2)26-22(29)13-31-24-28-20-10-9-17(12-21(20)32-24)27-23(30)18-5-3-4-6-19(18)25/h3-12H,13H2,1-2H3,(H,26,29)(H,27,30). The lowest BCUT2D eigenvalue weighted by atomic mass is 10.1. The number of carbonyl (C=O) groups excluding carboxylic acids is 2.